The number of nitrogens with zero attached hydrogens (tertiary/aromatic N) is 5. The maximum absolute atomic E-state index is 4.75. The number of benzene rings is 1. The Balaban J connectivity index is 1.28. The summed E-state index contributed by atoms with van der Waals surface area (Å²) in [6.45, 7) is 3.38. The molecule has 3 heterocycles. The minimum atomic E-state index is 0.541. The highest BCUT2D eigenvalue weighted by atomic mass is 32.1. The molecule has 0 radical (unpaired) electrons. The van der Waals surface area contributed by atoms with Crippen LogP contribution in [0.25, 0.3) is 16.2 Å². The Morgan fingerprint density at radius 3 is 2.79 bits per heavy atom. The maximum atomic E-state index is 4.75. The van der Waals surface area contributed by atoms with E-state index in [4.69, 9.17) is 4.98 Å². The van der Waals surface area contributed by atoms with E-state index in [0.29, 0.717) is 6.54 Å². The van der Waals surface area contributed by atoms with Gasteiger partial charge in [0, 0.05) is 37.2 Å². The number of guanidine groups is 1. The van der Waals surface area contributed by atoms with Gasteiger partial charge >= 0.3 is 0 Å². The molecule has 4 rings (SSSR count). The third kappa shape index (κ3) is 4.60. The summed E-state index contributed by atoms with van der Waals surface area (Å²) in [6.07, 6.45) is 2.79. The molecule has 0 aliphatic rings. The summed E-state index contributed by atoms with van der Waals surface area (Å²) in [5.41, 5.74) is 4.34. The van der Waals surface area contributed by atoms with Crippen molar-refractivity contribution < 1.29 is 0 Å². The maximum Gasteiger partial charge on any atom is 0.191 e. The number of rotatable bonds is 6. The van der Waals surface area contributed by atoms with E-state index in [1.165, 1.54) is 5.56 Å². The Bertz CT molecular complexity index is 1110. The lowest BCUT2D eigenvalue weighted by atomic mass is 10.2. The van der Waals surface area contributed by atoms with Crippen LogP contribution in [0.5, 0.6) is 0 Å². The molecule has 148 valence electrons. The number of aryl methyl sites for hydroxylation is 1. The van der Waals surface area contributed by atoms with E-state index in [1.54, 1.807) is 18.4 Å². The molecule has 7 nitrogen and oxygen atoms in total. The van der Waals surface area contributed by atoms with Gasteiger partial charge in [-0.2, -0.15) is 0 Å². The van der Waals surface area contributed by atoms with Crippen LogP contribution < -0.4 is 10.6 Å². The first-order chi connectivity index (χ1) is 14.2. The lowest BCUT2D eigenvalue weighted by Gasteiger charge is -2.10. The fourth-order valence-corrected chi connectivity index (χ4v) is 3.81. The zero-order valence-electron chi connectivity index (χ0n) is 16.5. The summed E-state index contributed by atoms with van der Waals surface area (Å²) in [5, 5.41) is 18.2. The van der Waals surface area contributed by atoms with Gasteiger partial charge in [0.25, 0.3) is 0 Å². The highest BCUT2D eigenvalue weighted by Gasteiger charge is 2.07. The first-order valence-electron chi connectivity index (χ1n) is 9.47. The molecule has 0 fully saturated rings. The van der Waals surface area contributed by atoms with Gasteiger partial charge < -0.3 is 10.6 Å². The van der Waals surface area contributed by atoms with Crippen LogP contribution in [0.3, 0.4) is 0 Å². The number of nitrogens with one attached hydrogen (secondary N) is 2. The predicted octanol–water partition coefficient (Wildman–Crippen LogP) is 3.07. The summed E-state index contributed by atoms with van der Waals surface area (Å²) >= 11 is 1.68. The van der Waals surface area contributed by atoms with Gasteiger partial charge in [0.1, 0.15) is 5.01 Å². The Kier molecular flexibility index (Phi) is 5.81. The van der Waals surface area contributed by atoms with Gasteiger partial charge in [-0.05, 0) is 19.1 Å². The van der Waals surface area contributed by atoms with Crippen molar-refractivity contribution in [3.05, 3.63) is 71.1 Å². The molecule has 1 aromatic carbocycles. The van der Waals surface area contributed by atoms with E-state index < -0.39 is 0 Å². The second-order valence-electron chi connectivity index (χ2n) is 6.66. The monoisotopic (exact) mass is 405 g/mol. The largest absolute Gasteiger partial charge is 0.356 e. The first-order valence-corrected chi connectivity index (χ1v) is 10.4. The van der Waals surface area contributed by atoms with Crippen molar-refractivity contribution in [3.63, 3.8) is 0 Å². The van der Waals surface area contributed by atoms with Crippen molar-refractivity contribution in [2.75, 3.05) is 13.6 Å². The molecule has 0 saturated heterocycles. The third-order valence-corrected chi connectivity index (χ3v) is 5.49. The fraction of sp³-hybridized carbons (Fsp3) is 0.238. The summed E-state index contributed by atoms with van der Waals surface area (Å²) in [5.74, 6) is 1.57. The lowest BCUT2D eigenvalue weighted by Crippen LogP contribution is -2.38. The SMILES string of the molecule is CN=C(NCCc1csc(-c2ccc(C)cc2)n1)NCc1nnc2ccccn12. The van der Waals surface area contributed by atoms with Crippen molar-refractivity contribution in [1.29, 1.82) is 0 Å². The number of hydrogen-bond acceptors (Lipinski definition) is 5. The standard InChI is InChI=1S/C21H23N7S/c1-15-6-8-16(9-7-15)20-25-17(14-29-20)10-11-23-21(22-2)24-13-19-27-26-18-5-3-4-12-28(18)19/h3-9,12,14H,10-11,13H2,1-2H3,(H2,22,23,24). The molecule has 3 aromatic heterocycles. The van der Waals surface area contributed by atoms with Crippen LogP contribution in [0.4, 0.5) is 0 Å². The number of thiazole rings is 1. The van der Waals surface area contributed by atoms with E-state index in [9.17, 15) is 0 Å². The molecule has 0 atom stereocenters. The molecular weight excluding hydrogens is 382 g/mol. The number of hydrogen-bond donors (Lipinski definition) is 2. The normalized spacial score (nSPS) is 11.7. The van der Waals surface area contributed by atoms with E-state index in [0.717, 1.165) is 46.7 Å². The Hall–Kier alpha value is -3.26. The van der Waals surface area contributed by atoms with Gasteiger partial charge in [0.15, 0.2) is 17.4 Å². The molecule has 8 heteroatoms. The number of fused-ring (bicyclic) bond motifs is 1. The van der Waals surface area contributed by atoms with Gasteiger partial charge in [-0.3, -0.25) is 9.39 Å². The minimum Gasteiger partial charge on any atom is -0.356 e. The predicted molar refractivity (Wildman–Crippen MR) is 117 cm³/mol. The van der Waals surface area contributed by atoms with Crippen molar-refractivity contribution in [2.24, 2.45) is 4.99 Å². The minimum absolute atomic E-state index is 0.541. The summed E-state index contributed by atoms with van der Waals surface area (Å²) in [7, 11) is 1.76. The van der Waals surface area contributed by atoms with Crippen LogP contribution in [-0.2, 0) is 13.0 Å². The molecule has 0 bridgehead atoms. The highest BCUT2D eigenvalue weighted by molar-refractivity contribution is 7.13. The van der Waals surface area contributed by atoms with Crippen LogP contribution in [0.1, 0.15) is 17.1 Å². The first kappa shape index (κ1) is 19.1. The van der Waals surface area contributed by atoms with Crippen LogP contribution in [-0.4, -0.2) is 39.1 Å². The van der Waals surface area contributed by atoms with Gasteiger partial charge in [0.05, 0.1) is 12.2 Å². The van der Waals surface area contributed by atoms with Gasteiger partial charge in [-0.1, -0.05) is 35.9 Å². The molecule has 4 aromatic rings. The number of aromatic nitrogens is 4. The molecule has 0 aliphatic heterocycles. The molecule has 0 amide bonds. The molecule has 0 unspecified atom stereocenters. The quantitative estimate of drug-likeness (QED) is 0.381. The smallest absolute Gasteiger partial charge is 0.191 e. The Morgan fingerprint density at radius 1 is 1.10 bits per heavy atom. The van der Waals surface area contributed by atoms with Crippen molar-refractivity contribution in [2.45, 2.75) is 19.9 Å². The summed E-state index contributed by atoms with van der Waals surface area (Å²) in [6, 6.07) is 14.3. The van der Waals surface area contributed by atoms with E-state index in [2.05, 4.69) is 62.4 Å². The molecule has 29 heavy (non-hydrogen) atoms. The van der Waals surface area contributed by atoms with Gasteiger partial charge in [-0.25, -0.2) is 4.98 Å². The van der Waals surface area contributed by atoms with Crippen LogP contribution in [0.15, 0.2) is 59.0 Å². The zero-order valence-corrected chi connectivity index (χ0v) is 17.3. The second-order valence-corrected chi connectivity index (χ2v) is 7.52. The van der Waals surface area contributed by atoms with E-state index >= 15 is 0 Å². The van der Waals surface area contributed by atoms with Crippen molar-refractivity contribution >= 4 is 22.9 Å². The Morgan fingerprint density at radius 2 is 1.97 bits per heavy atom. The molecule has 0 saturated carbocycles. The molecule has 2 N–H and O–H groups in total. The van der Waals surface area contributed by atoms with Crippen LogP contribution in [0.2, 0.25) is 0 Å². The third-order valence-electron chi connectivity index (χ3n) is 4.55. The topological polar surface area (TPSA) is 79.5 Å². The molecule has 0 aliphatic carbocycles. The zero-order chi connectivity index (χ0) is 20.1. The van der Waals surface area contributed by atoms with E-state index in [-0.39, 0.29) is 0 Å². The van der Waals surface area contributed by atoms with Gasteiger partial charge in [-0.15, -0.1) is 21.5 Å². The summed E-state index contributed by atoms with van der Waals surface area (Å²) < 4.78 is 1.96. The van der Waals surface area contributed by atoms with Crippen LogP contribution >= 0.6 is 11.3 Å². The Labute approximate surface area is 173 Å². The van der Waals surface area contributed by atoms with E-state index in [1.807, 2.05) is 28.8 Å². The summed E-state index contributed by atoms with van der Waals surface area (Å²) in [4.78, 5) is 9.03. The number of aliphatic imine (C=N–C) groups is 1. The highest BCUT2D eigenvalue weighted by Crippen LogP contribution is 2.24. The van der Waals surface area contributed by atoms with Gasteiger partial charge in [0.2, 0.25) is 0 Å². The molecular formula is C21H23N7S. The molecule has 0 spiro atoms. The van der Waals surface area contributed by atoms with Crippen molar-refractivity contribution in [1.82, 2.24) is 30.2 Å². The lowest BCUT2D eigenvalue weighted by molar-refractivity contribution is 0.754. The average Bonchev–Trinajstić information content (AvgIpc) is 3.38. The average molecular weight is 406 g/mol. The number of pyridine rings is 1. The van der Waals surface area contributed by atoms with Crippen molar-refractivity contribution in [3.8, 4) is 10.6 Å². The second kappa shape index (κ2) is 8.83. The fourth-order valence-electron chi connectivity index (χ4n) is 2.95. The van der Waals surface area contributed by atoms with Crippen LogP contribution in [0, 0.1) is 6.92 Å².